The monoisotopic (exact) mass is 317 g/mol. The zero-order valence-electron chi connectivity index (χ0n) is 12.5. The summed E-state index contributed by atoms with van der Waals surface area (Å²) in [5.41, 5.74) is 7.02. The smallest absolute Gasteiger partial charge is 0.326 e. The van der Waals surface area contributed by atoms with Crippen LogP contribution in [-0.4, -0.2) is 33.9 Å². The van der Waals surface area contributed by atoms with Gasteiger partial charge in [0.05, 0.1) is 0 Å². The second kappa shape index (κ2) is 7.44. The molecule has 0 bridgehead atoms. The van der Waals surface area contributed by atoms with Gasteiger partial charge in [-0.05, 0) is 42.0 Å². The minimum atomic E-state index is -1.17. The van der Waals surface area contributed by atoms with Crippen LogP contribution in [0.25, 0.3) is 10.9 Å². The lowest BCUT2D eigenvalue weighted by atomic mass is 10.1. The molecule has 0 spiro atoms. The number of hydrogen-bond donors (Lipinski definition) is 4. The van der Waals surface area contributed by atoms with Gasteiger partial charge in [0.2, 0.25) is 11.8 Å². The third-order valence-electron chi connectivity index (χ3n) is 3.57. The zero-order valence-corrected chi connectivity index (χ0v) is 12.5. The third-order valence-corrected chi connectivity index (χ3v) is 3.57. The van der Waals surface area contributed by atoms with Crippen molar-refractivity contribution >= 4 is 28.7 Å². The summed E-state index contributed by atoms with van der Waals surface area (Å²) in [4.78, 5) is 36.8. The molecule has 1 atom stereocenters. The molecule has 1 aromatic heterocycles. The number of nitrogens with one attached hydrogen (secondary N) is 2. The van der Waals surface area contributed by atoms with Crippen LogP contribution in [-0.2, 0) is 20.8 Å². The molecule has 7 heteroatoms. The summed E-state index contributed by atoms with van der Waals surface area (Å²) in [5, 5.41) is 12.5. The standard InChI is InChI=1S/C16H19N3O4/c17-14(20)5-4-13(16(22)23)19-15(21)6-2-10-1-3-12-11(9-10)7-8-18-12/h1,3,7-9,13,18H,2,4-6H2,(H2,17,20)(H,19,21)(H,22,23)/t13-/m0/s1. The predicted molar refractivity (Wildman–Crippen MR) is 84.6 cm³/mol. The van der Waals surface area contributed by atoms with Crippen LogP contribution < -0.4 is 11.1 Å². The van der Waals surface area contributed by atoms with Crippen LogP contribution in [0.15, 0.2) is 30.5 Å². The number of H-pyrrole nitrogens is 1. The molecule has 0 unspecified atom stereocenters. The Kier molecular flexibility index (Phi) is 5.35. The number of carboxylic acids is 1. The molecule has 1 aromatic carbocycles. The van der Waals surface area contributed by atoms with Crippen molar-refractivity contribution in [3.63, 3.8) is 0 Å². The average Bonchev–Trinajstić information content (AvgIpc) is 2.96. The number of benzene rings is 1. The van der Waals surface area contributed by atoms with Crippen LogP contribution in [0.3, 0.4) is 0 Å². The van der Waals surface area contributed by atoms with Crippen molar-refractivity contribution < 1.29 is 19.5 Å². The molecule has 0 radical (unpaired) electrons. The van der Waals surface area contributed by atoms with Gasteiger partial charge >= 0.3 is 5.97 Å². The summed E-state index contributed by atoms with van der Waals surface area (Å²) in [5.74, 6) is -2.13. The number of aromatic amines is 1. The highest BCUT2D eigenvalue weighted by Crippen LogP contribution is 2.15. The Hall–Kier alpha value is -2.83. The molecule has 2 aromatic rings. The molecular formula is C16H19N3O4. The van der Waals surface area contributed by atoms with Gasteiger partial charge in [0.15, 0.2) is 0 Å². The van der Waals surface area contributed by atoms with Gasteiger partial charge in [-0.2, -0.15) is 0 Å². The maximum absolute atomic E-state index is 11.9. The van der Waals surface area contributed by atoms with Crippen molar-refractivity contribution in [2.75, 3.05) is 0 Å². The maximum Gasteiger partial charge on any atom is 0.326 e. The van der Waals surface area contributed by atoms with Crippen LogP contribution in [0.1, 0.15) is 24.8 Å². The van der Waals surface area contributed by atoms with E-state index in [9.17, 15) is 14.4 Å². The first-order valence-electron chi connectivity index (χ1n) is 7.32. The van der Waals surface area contributed by atoms with Crippen molar-refractivity contribution in [3.05, 3.63) is 36.0 Å². The molecule has 0 saturated carbocycles. The lowest BCUT2D eigenvalue weighted by Gasteiger charge is -2.13. The molecule has 122 valence electrons. The number of fused-ring (bicyclic) bond motifs is 1. The van der Waals surface area contributed by atoms with Gasteiger partial charge in [-0.15, -0.1) is 0 Å². The Morgan fingerprint density at radius 2 is 2.00 bits per heavy atom. The molecule has 2 rings (SSSR count). The molecule has 23 heavy (non-hydrogen) atoms. The normalized spacial score (nSPS) is 12.0. The number of carbonyl (C=O) groups excluding carboxylic acids is 2. The fourth-order valence-corrected chi connectivity index (χ4v) is 2.33. The summed E-state index contributed by atoms with van der Waals surface area (Å²) < 4.78 is 0. The largest absolute Gasteiger partial charge is 0.480 e. The van der Waals surface area contributed by atoms with Crippen LogP contribution in [0.4, 0.5) is 0 Å². The summed E-state index contributed by atoms with van der Waals surface area (Å²) >= 11 is 0. The molecule has 0 aliphatic carbocycles. The average molecular weight is 317 g/mol. The number of carboxylic acid groups (broad SMARTS) is 1. The number of hydrogen-bond acceptors (Lipinski definition) is 3. The van der Waals surface area contributed by atoms with E-state index in [1.807, 2.05) is 30.5 Å². The Labute approximate surface area is 132 Å². The fourth-order valence-electron chi connectivity index (χ4n) is 2.33. The Bertz CT molecular complexity index is 723. The van der Waals surface area contributed by atoms with E-state index >= 15 is 0 Å². The minimum Gasteiger partial charge on any atom is -0.480 e. The van der Waals surface area contributed by atoms with E-state index in [-0.39, 0.29) is 25.2 Å². The molecule has 7 nitrogen and oxygen atoms in total. The SMILES string of the molecule is NC(=O)CC[C@H](NC(=O)CCc1ccc2[nH]ccc2c1)C(=O)O. The van der Waals surface area contributed by atoms with Gasteiger partial charge in [0.25, 0.3) is 0 Å². The van der Waals surface area contributed by atoms with Crippen LogP contribution in [0, 0.1) is 0 Å². The van der Waals surface area contributed by atoms with Crippen molar-refractivity contribution in [3.8, 4) is 0 Å². The Balaban J connectivity index is 1.87. The number of nitrogens with two attached hydrogens (primary N) is 1. The van der Waals surface area contributed by atoms with Crippen molar-refractivity contribution in [1.29, 1.82) is 0 Å². The molecular weight excluding hydrogens is 298 g/mol. The second-order valence-corrected chi connectivity index (χ2v) is 5.36. The number of aromatic nitrogens is 1. The van der Waals surface area contributed by atoms with Crippen molar-refractivity contribution in [2.45, 2.75) is 31.7 Å². The minimum absolute atomic E-state index is 0.00822. The van der Waals surface area contributed by atoms with Gasteiger partial charge in [0.1, 0.15) is 6.04 Å². The van der Waals surface area contributed by atoms with Gasteiger partial charge in [-0.3, -0.25) is 9.59 Å². The molecule has 2 amide bonds. The van der Waals surface area contributed by atoms with E-state index in [0.717, 1.165) is 16.5 Å². The first kappa shape index (κ1) is 16.5. The van der Waals surface area contributed by atoms with Gasteiger partial charge in [-0.25, -0.2) is 4.79 Å². The topological polar surface area (TPSA) is 125 Å². The fraction of sp³-hybridized carbons (Fsp3) is 0.312. The number of carbonyl (C=O) groups is 3. The van der Waals surface area contributed by atoms with Crippen LogP contribution in [0.2, 0.25) is 0 Å². The van der Waals surface area contributed by atoms with E-state index in [2.05, 4.69) is 10.3 Å². The van der Waals surface area contributed by atoms with E-state index in [0.29, 0.717) is 6.42 Å². The quantitative estimate of drug-likeness (QED) is 0.578. The van der Waals surface area contributed by atoms with E-state index < -0.39 is 17.9 Å². The maximum atomic E-state index is 11.9. The van der Waals surface area contributed by atoms with Gasteiger partial charge in [0, 0.05) is 24.6 Å². The zero-order chi connectivity index (χ0) is 16.8. The highest BCUT2D eigenvalue weighted by Gasteiger charge is 2.20. The number of aryl methyl sites for hydroxylation is 1. The summed E-state index contributed by atoms with van der Waals surface area (Å²) in [6, 6.07) is 6.70. The lowest BCUT2D eigenvalue weighted by Crippen LogP contribution is -2.41. The number of primary amides is 1. The highest BCUT2D eigenvalue weighted by molar-refractivity contribution is 5.84. The molecule has 0 aliphatic heterocycles. The molecule has 0 aliphatic rings. The Morgan fingerprint density at radius 3 is 2.70 bits per heavy atom. The Morgan fingerprint density at radius 1 is 1.22 bits per heavy atom. The van der Waals surface area contributed by atoms with Crippen molar-refractivity contribution in [1.82, 2.24) is 10.3 Å². The summed E-state index contributed by atoms with van der Waals surface area (Å²) in [6.45, 7) is 0. The molecule has 5 N–H and O–H groups in total. The van der Waals surface area contributed by atoms with Crippen LogP contribution in [0.5, 0.6) is 0 Å². The number of rotatable bonds is 8. The summed E-state index contributed by atoms with van der Waals surface area (Å²) in [6.07, 6.45) is 2.44. The molecule has 1 heterocycles. The summed E-state index contributed by atoms with van der Waals surface area (Å²) in [7, 11) is 0. The highest BCUT2D eigenvalue weighted by atomic mass is 16.4. The van der Waals surface area contributed by atoms with E-state index in [4.69, 9.17) is 10.8 Å². The molecule has 0 saturated heterocycles. The third kappa shape index (κ3) is 4.84. The van der Waals surface area contributed by atoms with Crippen molar-refractivity contribution in [2.24, 2.45) is 5.73 Å². The van der Waals surface area contributed by atoms with E-state index in [1.54, 1.807) is 0 Å². The van der Waals surface area contributed by atoms with Gasteiger partial charge in [-0.1, -0.05) is 6.07 Å². The first-order valence-corrected chi connectivity index (χ1v) is 7.32. The second-order valence-electron chi connectivity index (χ2n) is 5.36. The van der Waals surface area contributed by atoms with Crippen LogP contribution >= 0.6 is 0 Å². The number of aliphatic carboxylic acids is 1. The van der Waals surface area contributed by atoms with E-state index in [1.165, 1.54) is 0 Å². The predicted octanol–water partition coefficient (Wildman–Crippen LogP) is 0.935. The van der Waals surface area contributed by atoms with Gasteiger partial charge < -0.3 is 21.1 Å². The lowest BCUT2D eigenvalue weighted by molar-refractivity contribution is -0.142. The first-order chi connectivity index (χ1) is 11.0. The number of amides is 2. The molecule has 0 fully saturated rings.